The van der Waals surface area contributed by atoms with Gasteiger partial charge in [0, 0.05) is 6.54 Å². The first-order valence-electron chi connectivity index (χ1n) is 4.31. The summed E-state index contributed by atoms with van der Waals surface area (Å²) >= 11 is 0. The van der Waals surface area contributed by atoms with Crippen molar-refractivity contribution in [2.24, 2.45) is 5.73 Å². The van der Waals surface area contributed by atoms with Gasteiger partial charge >= 0.3 is 0 Å². The molecule has 0 aromatic heterocycles. The minimum Gasteiger partial charge on any atom is -0.328 e. The molecule has 70 valence electrons. The Morgan fingerprint density at radius 3 is 2.33 bits per heavy atom. The molecule has 12 heavy (non-hydrogen) atoms. The van der Waals surface area contributed by atoms with Crippen molar-refractivity contribution in [3.63, 3.8) is 0 Å². The van der Waals surface area contributed by atoms with Crippen molar-refractivity contribution in [3.8, 4) is 0 Å². The molecule has 2 N–H and O–H groups in total. The van der Waals surface area contributed by atoms with Crippen LogP contribution in [0.2, 0.25) is 0 Å². The molecule has 0 saturated carbocycles. The van der Waals surface area contributed by atoms with E-state index >= 15 is 0 Å². The van der Waals surface area contributed by atoms with Gasteiger partial charge < -0.3 is 5.73 Å². The second-order valence-electron chi connectivity index (χ2n) is 2.58. The summed E-state index contributed by atoms with van der Waals surface area (Å²) in [6.07, 6.45) is 1.34. The van der Waals surface area contributed by atoms with Crippen molar-refractivity contribution in [3.05, 3.63) is 12.7 Å². The molecule has 0 aliphatic heterocycles. The van der Waals surface area contributed by atoms with Crippen molar-refractivity contribution in [1.82, 2.24) is 4.90 Å². The summed E-state index contributed by atoms with van der Waals surface area (Å²) in [5.74, 6) is 0.0150. The van der Waals surface area contributed by atoms with Gasteiger partial charge in [-0.25, -0.2) is 0 Å². The average molecular weight is 170 g/mol. The van der Waals surface area contributed by atoms with Crippen LogP contribution in [-0.2, 0) is 4.79 Å². The van der Waals surface area contributed by atoms with Crippen molar-refractivity contribution in [2.75, 3.05) is 19.6 Å². The van der Waals surface area contributed by atoms with Crippen molar-refractivity contribution >= 4 is 5.78 Å². The Hall–Kier alpha value is -0.670. The lowest BCUT2D eigenvalue weighted by Gasteiger charge is -2.26. The van der Waals surface area contributed by atoms with E-state index in [4.69, 9.17) is 5.73 Å². The van der Waals surface area contributed by atoms with Gasteiger partial charge in [0.15, 0.2) is 5.78 Å². The van der Waals surface area contributed by atoms with Crippen LogP contribution in [-0.4, -0.2) is 36.4 Å². The summed E-state index contributed by atoms with van der Waals surface area (Å²) in [6, 6.07) is -0.183. The Labute approximate surface area is 74.2 Å². The topological polar surface area (TPSA) is 46.3 Å². The monoisotopic (exact) mass is 170 g/mol. The van der Waals surface area contributed by atoms with Crippen LogP contribution in [0.5, 0.6) is 0 Å². The molecule has 3 nitrogen and oxygen atoms in total. The number of rotatable bonds is 6. The van der Waals surface area contributed by atoms with Crippen LogP contribution in [0, 0.1) is 0 Å². The highest BCUT2D eigenvalue weighted by Gasteiger charge is 2.18. The minimum atomic E-state index is -0.183. The Kier molecular flexibility index (Phi) is 5.58. The number of nitrogens with zero attached hydrogens (tertiary/aromatic N) is 1. The van der Waals surface area contributed by atoms with E-state index in [1.165, 1.54) is 6.08 Å². The molecule has 0 rings (SSSR count). The Bertz CT molecular complexity index is 153. The molecule has 0 heterocycles. The minimum absolute atomic E-state index is 0.0150. The lowest BCUT2D eigenvalue weighted by Crippen LogP contribution is -2.45. The average Bonchev–Trinajstić information content (AvgIpc) is 2.12. The first kappa shape index (κ1) is 11.3. The molecule has 0 saturated heterocycles. The highest BCUT2D eigenvalue weighted by Crippen LogP contribution is 1.99. The van der Waals surface area contributed by atoms with Gasteiger partial charge in [-0.05, 0) is 19.2 Å². The van der Waals surface area contributed by atoms with E-state index in [0.717, 1.165) is 13.1 Å². The van der Waals surface area contributed by atoms with Crippen LogP contribution in [0.3, 0.4) is 0 Å². The molecule has 0 aromatic rings. The zero-order valence-electron chi connectivity index (χ0n) is 7.92. The third kappa shape index (κ3) is 2.75. The van der Waals surface area contributed by atoms with Gasteiger partial charge in [-0.2, -0.15) is 0 Å². The van der Waals surface area contributed by atoms with Crippen LogP contribution in [0.4, 0.5) is 0 Å². The first-order chi connectivity index (χ1) is 5.71. The fourth-order valence-corrected chi connectivity index (χ4v) is 1.25. The summed E-state index contributed by atoms with van der Waals surface area (Å²) in [5, 5.41) is 0. The summed E-state index contributed by atoms with van der Waals surface area (Å²) in [5.41, 5.74) is 5.49. The molecule has 0 aromatic carbocycles. The molecule has 3 heteroatoms. The van der Waals surface area contributed by atoms with Crippen LogP contribution in [0.1, 0.15) is 13.8 Å². The molecule has 0 aliphatic rings. The molecule has 0 spiro atoms. The number of nitrogens with two attached hydrogens (primary N) is 1. The third-order valence-corrected chi connectivity index (χ3v) is 2.01. The Morgan fingerprint density at radius 2 is 2.08 bits per heavy atom. The van der Waals surface area contributed by atoms with Gasteiger partial charge in [0.2, 0.25) is 0 Å². The summed E-state index contributed by atoms with van der Waals surface area (Å²) in [6.45, 7) is 9.54. The van der Waals surface area contributed by atoms with Gasteiger partial charge in [-0.15, -0.1) is 0 Å². The number of ketones is 1. The molecular weight excluding hydrogens is 152 g/mol. The SMILES string of the molecule is C=CC(=O)C(CN)N(CC)CC. The maximum atomic E-state index is 11.3. The van der Waals surface area contributed by atoms with Crippen molar-refractivity contribution in [1.29, 1.82) is 0 Å². The largest absolute Gasteiger partial charge is 0.328 e. The van der Waals surface area contributed by atoms with E-state index in [0.29, 0.717) is 6.54 Å². The zero-order valence-corrected chi connectivity index (χ0v) is 7.92. The molecule has 0 bridgehead atoms. The summed E-state index contributed by atoms with van der Waals surface area (Å²) in [7, 11) is 0. The zero-order chi connectivity index (χ0) is 9.56. The van der Waals surface area contributed by atoms with Gasteiger partial charge in [0.05, 0.1) is 6.04 Å². The highest BCUT2D eigenvalue weighted by atomic mass is 16.1. The molecule has 1 atom stereocenters. The lowest BCUT2D eigenvalue weighted by atomic mass is 10.1. The lowest BCUT2D eigenvalue weighted by molar-refractivity contribution is -0.119. The fourth-order valence-electron chi connectivity index (χ4n) is 1.25. The molecule has 0 aliphatic carbocycles. The van der Waals surface area contributed by atoms with Gasteiger partial charge in [0.25, 0.3) is 0 Å². The molecule has 0 fully saturated rings. The van der Waals surface area contributed by atoms with E-state index in [1.807, 2.05) is 18.7 Å². The standard InChI is InChI=1S/C9H18N2O/c1-4-9(12)8(7-10)11(5-2)6-3/h4,8H,1,5-7,10H2,2-3H3. The molecule has 0 amide bonds. The van der Waals surface area contributed by atoms with Crippen LogP contribution in [0.15, 0.2) is 12.7 Å². The van der Waals surface area contributed by atoms with Crippen molar-refractivity contribution < 1.29 is 4.79 Å². The normalized spacial score (nSPS) is 13.0. The van der Waals surface area contributed by atoms with E-state index in [-0.39, 0.29) is 11.8 Å². The van der Waals surface area contributed by atoms with Crippen molar-refractivity contribution in [2.45, 2.75) is 19.9 Å². The third-order valence-electron chi connectivity index (χ3n) is 2.01. The van der Waals surface area contributed by atoms with Gasteiger partial charge in [-0.3, -0.25) is 9.69 Å². The second-order valence-corrected chi connectivity index (χ2v) is 2.58. The maximum Gasteiger partial charge on any atom is 0.173 e. The summed E-state index contributed by atoms with van der Waals surface area (Å²) in [4.78, 5) is 13.3. The fraction of sp³-hybridized carbons (Fsp3) is 0.667. The van der Waals surface area contributed by atoms with Crippen LogP contribution in [0.25, 0.3) is 0 Å². The van der Waals surface area contributed by atoms with E-state index < -0.39 is 0 Å². The number of carbonyl (C=O) groups excluding carboxylic acids is 1. The van der Waals surface area contributed by atoms with Gasteiger partial charge in [-0.1, -0.05) is 20.4 Å². The molecular formula is C9H18N2O. The Balaban J connectivity index is 4.29. The number of hydrogen-bond donors (Lipinski definition) is 1. The van der Waals surface area contributed by atoms with Crippen LogP contribution >= 0.6 is 0 Å². The van der Waals surface area contributed by atoms with Crippen LogP contribution < -0.4 is 5.73 Å². The number of carbonyl (C=O) groups is 1. The molecule has 0 radical (unpaired) electrons. The quantitative estimate of drug-likeness (QED) is 0.587. The highest BCUT2D eigenvalue weighted by molar-refractivity contribution is 5.93. The second kappa shape index (κ2) is 5.91. The summed E-state index contributed by atoms with van der Waals surface area (Å²) < 4.78 is 0. The predicted molar refractivity (Wildman–Crippen MR) is 51.0 cm³/mol. The maximum absolute atomic E-state index is 11.3. The molecule has 1 unspecified atom stereocenters. The van der Waals surface area contributed by atoms with E-state index in [9.17, 15) is 4.79 Å². The Morgan fingerprint density at radius 1 is 1.58 bits per heavy atom. The van der Waals surface area contributed by atoms with E-state index in [2.05, 4.69) is 6.58 Å². The number of likely N-dealkylation sites (N-methyl/N-ethyl adjacent to an activating group) is 1. The predicted octanol–water partition coefficient (Wildman–Crippen LogP) is 0.411. The number of hydrogen-bond acceptors (Lipinski definition) is 3. The first-order valence-corrected chi connectivity index (χ1v) is 4.31. The van der Waals surface area contributed by atoms with Gasteiger partial charge in [0.1, 0.15) is 0 Å². The van der Waals surface area contributed by atoms with E-state index in [1.54, 1.807) is 0 Å². The smallest absolute Gasteiger partial charge is 0.173 e.